The number of ether oxygens (including phenoxy) is 2. The highest BCUT2D eigenvalue weighted by molar-refractivity contribution is 5.65. The number of anilines is 1. The Labute approximate surface area is 89.6 Å². The van der Waals surface area contributed by atoms with Crippen molar-refractivity contribution in [3.63, 3.8) is 0 Å². The molecule has 0 aromatic heterocycles. The van der Waals surface area contributed by atoms with Crippen LogP contribution in [0.3, 0.4) is 0 Å². The van der Waals surface area contributed by atoms with Crippen LogP contribution in [0.5, 0.6) is 11.5 Å². The average molecular weight is 206 g/mol. The first kappa shape index (κ1) is 11.2. The van der Waals surface area contributed by atoms with E-state index in [-0.39, 0.29) is 0 Å². The molecule has 0 saturated heterocycles. The zero-order valence-electron chi connectivity index (χ0n) is 9.37. The summed E-state index contributed by atoms with van der Waals surface area (Å²) in [5.41, 5.74) is 1.35. The largest absolute Gasteiger partial charge is 0.495 e. The van der Waals surface area contributed by atoms with E-state index >= 15 is 0 Å². The Kier molecular flexibility index (Phi) is 3.40. The molecule has 0 fully saturated rings. The van der Waals surface area contributed by atoms with Gasteiger partial charge in [-0.25, -0.2) is 0 Å². The Morgan fingerprint density at radius 2 is 1.73 bits per heavy atom. The molecule has 0 heterocycles. The van der Waals surface area contributed by atoms with Crippen LogP contribution in [0.15, 0.2) is 12.1 Å². The van der Waals surface area contributed by atoms with Crippen molar-refractivity contribution in [2.75, 3.05) is 33.2 Å². The van der Waals surface area contributed by atoms with Gasteiger partial charge in [0.25, 0.3) is 0 Å². The molecular formula is C11H14N2O2. The van der Waals surface area contributed by atoms with Gasteiger partial charge in [0.15, 0.2) is 0 Å². The molecule has 0 radical (unpaired) electrons. The number of nitrogens with zero attached hydrogens (tertiary/aromatic N) is 2. The molecule has 0 saturated carbocycles. The smallest absolute Gasteiger partial charge is 0.143 e. The molecule has 4 nitrogen and oxygen atoms in total. The van der Waals surface area contributed by atoms with Gasteiger partial charge in [-0.3, -0.25) is 0 Å². The van der Waals surface area contributed by atoms with Crippen molar-refractivity contribution in [3.05, 3.63) is 17.7 Å². The Hall–Kier alpha value is -1.89. The summed E-state index contributed by atoms with van der Waals surface area (Å²) < 4.78 is 10.3. The molecular weight excluding hydrogens is 192 g/mol. The average Bonchev–Trinajstić information content (AvgIpc) is 2.26. The predicted molar refractivity (Wildman–Crippen MR) is 58.6 cm³/mol. The summed E-state index contributed by atoms with van der Waals surface area (Å²) in [6.07, 6.45) is 0. The minimum atomic E-state index is 0.472. The summed E-state index contributed by atoms with van der Waals surface area (Å²) in [5.74, 6) is 1.22. The van der Waals surface area contributed by atoms with E-state index in [1.165, 1.54) is 0 Å². The van der Waals surface area contributed by atoms with Gasteiger partial charge in [-0.15, -0.1) is 0 Å². The monoisotopic (exact) mass is 206 g/mol. The highest BCUT2D eigenvalue weighted by Gasteiger charge is 2.11. The van der Waals surface area contributed by atoms with Crippen molar-refractivity contribution in [2.24, 2.45) is 0 Å². The second-order valence-electron chi connectivity index (χ2n) is 3.23. The molecule has 4 heteroatoms. The molecule has 0 unspecified atom stereocenters. The van der Waals surface area contributed by atoms with Crippen molar-refractivity contribution in [3.8, 4) is 17.6 Å². The highest BCUT2D eigenvalue weighted by Crippen LogP contribution is 2.33. The van der Waals surface area contributed by atoms with Gasteiger partial charge in [0.05, 0.1) is 25.5 Å². The van der Waals surface area contributed by atoms with E-state index in [4.69, 9.17) is 14.7 Å². The van der Waals surface area contributed by atoms with Gasteiger partial charge < -0.3 is 14.4 Å². The van der Waals surface area contributed by atoms with Crippen LogP contribution in [-0.2, 0) is 0 Å². The Balaban J connectivity index is 3.36. The maximum absolute atomic E-state index is 8.90. The van der Waals surface area contributed by atoms with Crippen LogP contribution >= 0.6 is 0 Å². The molecule has 0 aliphatic carbocycles. The molecule has 1 aromatic carbocycles. The van der Waals surface area contributed by atoms with Crippen LogP contribution in [0.4, 0.5) is 5.69 Å². The lowest BCUT2D eigenvalue weighted by Gasteiger charge is -2.18. The van der Waals surface area contributed by atoms with Gasteiger partial charge in [0.1, 0.15) is 17.6 Å². The Bertz CT molecular complexity index is 394. The molecule has 0 aliphatic rings. The number of benzene rings is 1. The van der Waals surface area contributed by atoms with Gasteiger partial charge >= 0.3 is 0 Å². The van der Waals surface area contributed by atoms with Gasteiger partial charge in [-0.2, -0.15) is 5.26 Å². The number of nitriles is 1. The lowest BCUT2D eigenvalue weighted by Crippen LogP contribution is -2.10. The van der Waals surface area contributed by atoms with Crippen LogP contribution in [-0.4, -0.2) is 28.3 Å². The third-order valence-corrected chi connectivity index (χ3v) is 2.10. The van der Waals surface area contributed by atoms with Crippen LogP contribution < -0.4 is 14.4 Å². The standard InChI is InChI=1S/C11H14N2O2/c1-13(2)9-6-10(14-3)8(7-12)5-11(9)15-4/h5-6H,1-4H3. The predicted octanol–water partition coefficient (Wildman–Crippen LogP) is 1.64. The van der Waals surface area contributed by atoms with E-state index in [1.54, 1.807) is 26.4 Å². The number of hydrogen-bond donors (Lipinski definition) is 0. The lowest BCUT2D eigenvalue weighted by molar-refractivity contribution is 0.402. The topological polar surface area (TPSA) is 45.5 Å². The summed E-state index contributed by atoms with van der Waals surface area (Å²) in [5, 5.41) is 8.90. The first-order chi connectivity index (χ1) is 7.13. The molecule has 0 atom stereocenters. The van der Waals surface area contributed by atoms with Crippen LogP contribution in [0.2, 0.25) is 0 Å². The van der Waals surface area contributed by atoms with E-state index in [1.807, 2.05) is 19.0 Å². The number of hydrogen-bond acceptors (Lipinski definition) is 4. The molecule has 0 bridgehead atoms. The van der Waals surface area contributed by atoms with Crippen LogP contribution in [0.25, 0.3) is 0 Å². The van der Waals surface area contributed by atoms with Gasteiger partial charge in [0.2, 0.25) is 0 Å². The number of rotatable bonds is 3. The van der Waals surface area contributed by atoms with Crippen molar-refractivity contribution in [1.82, 2.24) is 0 Å². The van der Waals surface area contributed by atoms with Crippen LogP contribution in [0, 0.1) is 11.3 Å². The van der Waals surface area contributed by atoms with E-state index in [9.17, 15) is 0 Å². The summed E-state index contributed by atoms with van der Waals surface area (Å²) in [6, 6.07) is 5.53. The third kappa shape index (κ3) is 2.13. The molecule has 80 valence electrons. The van der Waals surface area contributed by atoms with E-state index < -0.39 is 0 Å². The molecule has 1 aromatic rings. The fourth-order valence-electron chi connectivity index (χ4n) is 1.32. The fraction of sp³-hybridized carbons (Fsp3) is 0.364. The molecule has 0 aliphatic heterocycles. The van der Waals surface area contributed by atoms with Gasteiger partial charge in [-0.1, -0.05) is 0 Å². The maximum Gasteiger partial charge on any atom is 0.143 e. The first-order valence-electron chi connectivity index (χ1n) is 4.47. The zero-order valence-corrected chi connectivity index (χ0v) is 9.37. The Morgan fingerprint density at radius 1 is 1.13 bits per heavy atom. The first-order valence-corrected chi connectivity index (χ1v) is 4.47. The van der Waals surface area contributed by atoms with Gasteiger partial charge in [-0.05, 0) is 0 Å². The molecule has 15 heavy (non-hydrogen) atoms. The second kappa shape index (κ2) is 4.56. The maximum atomic E-state index is 8.90. The number of methoxy groups -OCH3 is 2. The highest BCUT2D eigenvalue weighted by atomic mass is 16.5. The van der Waals surface area contributed by atoms with Crippen molar-refractivity contribution >= 4 is 5.69 Å². The summed E-state index contributed by atoms with van der Waals surface area (Å²) >= 11 is 0. The minimum Gasteiger partial charge on any atom is -0.495 e. The minimum absolute atomic E-state index is 0.472. The van der Waals surface area contributed by atoms with E-state index in [0.29, 0.717) is 17.1 Å². The molecule has 0 spiro atoms. The van der Waals surface area contributed by atoms with Crippen LogP contribution in [0.1, 0.15) is 5.56 Å². The summed E-state index contributed by atoms with van der Waals surface area (Å²) in [6.45, 7) is 0. The van der Waals surface area contributed by atoms with Crippen molar-refractivity contribution in [2.45, 2.75) is 0 Å². The summed E-state index contributed by atoms with van der Waals surface area (Å²) in [7, 11) is 6.94. The van der Waals surface area contributed by atoms with Gasteiger partial charge in [0, 0.05) is 26.2 Å². The van der Waals surface area contributed by atoms with Crippen molar-refractivity contribution < 1.29 is 9.47 Å². The third-order valence-electron chi connectivity index (χ3n) is 2.10. The molecule has 0 amide bonds. The van der Waals surface area contributed by atoms with E-state index in [2.05, 4.69) is 6.07 Å². The van der Waals surface area contributed by atoms with Crippen molar-refractivity contribution in [1.29, 1.82) is 5.26 Å². The lowest BCUT2D eigenvalue weighted by atomic mass is 10.1. The second-order valence-corrected chi connectivity index (χ2v) is 3.23. The Morgan fingerprint density at radius 3 is 2.13 bits per heavy atom. The quantitative estimate of drug-likeness (QED) is 0.754. The molecule has 0 N–H and O–H groups in total. The SMILES string of the molecule is COc1cc(N(C)C)c(OC)cc1C#N. The summed E-state index contributed by atoms with van der Waals surface area (Å²) in [4.78, 5) is 1.91. The zero-order chi connectivity index (χ0) is 11.4. The normalized spacial score (nSPS) is 9.27. The fourth-order valence-corrected chi connectivity index (χ4v) is 1.32. The van der Waals surface area contributed by atoms with E-state index in [0.717, 1.165) is 5.69 Å². The molecule has 1 rings (SSSR count).